The summed E-state index contributed by atoms with van der Waals surface area (Å²) < 4.78 is 5.21. The predicted molar refractivity (Wildman–Crippen MR) is 109 cm³/mol. The Hall–Kier alpha value is -1.88. The summed E-state index contributed by atoms with van der Waals surface area (Å²) in [6.07, 6.45) is 12.5. The van der Waals surface area contributed by atoms with E-state index < -0.39 is 0 Å². The fraction of sp³-hybridized carbons (Fsp3) is 0.652. The molecule has 152 valence electrons. The van der Waals surface area contributed by atoms with Gasteiger partial charge in [-0.1, -0.05) is 38.5 Å². The number of anilines is 1. The molecular weight excluding hydrogens is 352 g/mol. The molecule has 1 unspecified atom stereocenters. The first kappa shape index (κ1) is 19.4. The fourth-order valence-electron chi connectivity index (χ4n) is 5.42. The van der Waals surface area contributed by atoms with E-state index in [1.54, 1.807) is 7.11 Å². The third-order valence-corrected chi connectivity index (χ3v) is 6.81. The van der Waals surface area contributed by atoms with Gasteiger partial charge in [-0.15, -0.1) is 0 Å². The Balaban J connectivity index is 1.59. The summed E-state index contributed by atoms with van der Waals surface area (Å²) in [5.74, 6) is 0.619. The maximum atomic E-state index is 13.4. The smallest absolute Gasteiger partial charge is 0.251 e. The van der Waals surface area contributed by atoms with Crippen molar-refractivity contribution in [3.8, 4) is 5.75 Å². The molecule has 1 aromatic carbocycles. The van der Waals surface area contributed by atoms with Gasteiger partial charge in [-0.05, 0) is 49.9 Å². The van der Waals surface area contributed by atoms with E-state index >= 15 is 0 Å². The zero-order chi connectivity index (χ0) is 19.5. The Kier molecular flexibility index (Phi) is 6.00. The maximum Gasteiger partial charge on any atom is 0.251 e. The molecule has 3 fully saturated rings. The van der Waals surface area contributed by atoms with Crippen molar-refractivity contribution in [3.05, 3.63) is 24.3 Å². The third kappa shape index (κ3) is 3.82. The number of imide groups is 1. The minimum atomic E-state index is -0.291. The molecule has 2 aliphatic carbocycles. The van der Waals surface area contributed by atoms with Gasteiger partial charge in [0.25, 0.3) is 5.91 Å². The lowest BCUT2D eigenvalue weighted by atomic mass is 9.87. The van der Waals surface area contributed by atoms with Crippen molar-refractivity contribution in [1.82, 2.24) is 4.90 Å². The molecule has 1 aromatic rings. The molecule has 0 radical (unpaired) electrons. The summed E-state index contributed by atoms with van der Waals surface area (Å²) >= 11 is 0. The first-order valence-electron chi connectivity index (χ1n) is 11.0. The van der Waals surface area contributed by atoms with Crippen LogP contribution in [-0.2, 0) is 9.59 Å². The molecule has 28 heavy (non-hydrogen) atoms. The number of rotatable bonds is 5. The number of carbonyl (C=O) groups is 2. The highest BCUT2D eigenvalue weighted by Crippen LogP contribution is 2.36. The summed E-state index contributed by atoms with van der Waals surface area (Å²) in [5, 5.41) is 0. The largest absolute Gasteiger partial charge is 0.497 e. The molecule has 1 saturated heterocycles. The molecule has 5 nitrogen and oxygen atoms in total. The minimum absolute atomic E-state index is 0.0358. The summed E-state index contributed by atoms with van der Waals surface area (Å²) in [7, 11) is 1.61. The third-order valence-electron chi connectivity index (χ3n) is 6.81. The van der Waals surface area contributed by atoms with E-state index in [4.69, 9.17) is 4.74 Å². The van der Waals surface area contributed by atoms with Crippen molar-refractivity contribution in [3.63, 3.8) is 0 Å². The Labute approximate surface area is 168 Å². The van der Waals surface area contributed by atoms with Crippen LogP contribution in [-0.4, -0.2) is 41.9 Å². The van der Waals surface area contributed by atoms with Crippen LogP contribution in [0.1, 0.15) is 70.6 Å². The van der Waals surface area contributed by atoms with Gasteiger partial charge < -0.3 is 4.74 Å². The minimum Gasteiger partial charge on any atom is -0.497 e. The highest BCUT2D eigenvalue weighted by molar-refractivity contribution is 6.22. The molecule has 0 spiro atoms. The zero-order valence-corrected chi connectivity index (χ0v) is 16.9. The van der Waals surface area contributed by atoms with Gasteiger partial charge in [-0.3, -0.25) is 14.5 Å². The van der Waals surface area contributed by atoms with Crippen molar-refractivity contribution >= 4 is 17.5 Å². The maximum absolute atomic E-state index is 13.4. The van der Waals surface area contributed by atoms with Crippen molar-refractivity contribution in [2.45, 2.75) is 88.8 Å². The number of hydrogen-bond donors (Lipinski definition) is 0. The van der Waals surface area contributed by atoms with Crippen LogP contribution in [0.4, 0.5) is 5.69 Å². The summed E-state index contributed by atoms with van der Waals surface area (Å²) in [6, 6.07) is 7.85. The lowest BCUT2D eigenvalue weighted by Gasteiger charge is -2.44. The van der Waals surface area contributed by atoms with Gasteiger partial charge in [0.2, 0.25) is 5.91 Å². The topological polar surface area (TPSA) is 49.9 Å². The monoisotopic (exact) mass is 384 g/mol. The first-order valence-corrected chi connectivity index (χ1v) is 11.0. The van der Waals surface area contributed by atoms with E-state index in [1.807, 2.05) is 24.3 Å². The molecule has 0 bridgehead atoms. The average Bonchev–Trinajstić information content (AvgIpc) is 3.04. The highest BCUT2D eigenvalue weighted by atomic mass is 16.5. The second-order valence-electron chi connectivity index (χ2n) is 8.52. The first-order chi connectivity index (χ1) is 13.7. The number of carbonyl (C=O) groups excluding carboxylic acids is 2. The van der Waals surface area contributed by atoms with Crippen LogP contribution in [0, 0.1) is 0 Å². The molecule has 0 N–H and O–H groups in total. The second-order valence-corrected chi connectivity index (χ2v) is 8.52. The second kappa shape index (κ2) is 8.64. The van der Waals surface area contributed by atoms with Gasteiger partial charge in [-0.25, -0.2) is 4.90 Å². The van der Waals surface area contributed by atoms with Gasteiger partial charge in [0, 0.05) is 12.1 Å². The lowest BCUT2D eigenvalue weighted by Crippen LogP contribution is -2.53. The lowest BCUT2D eigenvalue weighted by molar-refractivity contribution is -0.124. The Bertz CT molecular complexity index is 672. The molecule has 3 aliphatic rings. The van der Waals surface area contributed by atoms with Crippen molar-refractivity contribution in [2.24, 2.45) is 0 Å². The molecule has 5 heteroatoms. The van der Waals surface area contributed by atoms with E-state index in [1.165, 1.54) is 43.4 Å². The van der Waals surface area contributed by atoms with Crippen LogP contribution in [0.2, 0.25) is 0 Å². The van der Waals surface area contributed by atoms with Crippen LogP contribution in [0.15, 0.2) is 24.3 Å². The molecule has 1 atom stereocenters. The van der Waals surface area contributed by atoms with E-state index in [0.717, 1.165) is 31.4 Å². The normalized spacial score (nSPS) is 24.9. The quantitative estimate of drug-likeness (QED) is 0.711. The molecular formula is C23H32N2O3. The Morgan fingerprint density at radius 2 is 1.39 bits per heavy atom. The van der Waals surface area contributed by atoms with Crippen LogP contribution in [0.25, 0.3) is 0 Å². The van der Waals surface area contributed by atoms with Crippen LogP contribution >= 0.6 is 0 Å². The van der Waals surface area contributed by atoms with Crippen molar-refractivity contribution in [2.75, 3.05) is 12.0 Å². The van der Waals surface area contributed by atoms with Gasteiger partial charge in [0.1, 0.15) is 5.75 Å². The van der Waals surface area contributed by atoms with E-state index in [9.17, 15) is 9.59 Å². The van der Waals surface area contributed by atoms with Gasteiger partial charge in [0.05, 0.1) is 25.3 Å². The van der Waals surface area contributed by atoms with Gasteiger partial charge in [0.15, 0.2) is 0 Å². The molecule has 0 aromatic heterocycles. The number of benzene rings is 1. The van der Waals surface area contributed by atoms with Gasteiger partial charge >= 0.3 is 0 Å². The predicted octanol–water partition coefficient (Wildman–Crippen LogP) is 4.29. The number of hydrogen-bond acceptors (Lipinski definition) is 4. The van der Waals surface area contributed by atoms with Crippen LogP contribution in [0.5, 0.6) is 5.75 Å². The van der Waals surface area contributed by atoms with E-state index in [-0.39, 0.29) is 17.9 Å². The molecule has 1 aliphatic heterocycles. The van der Waals surface area contributed by atoms with Crippen molar-refractivity contribution in [1.29, 1.82) is 0 Å². The van der Waals surface area contributed by atoms with Crippen LogP contribution < -0.4 is 9.64 Å². The summed E-state index contributed by atoms with van der Waals surface area (Å²) in [4.78, 5) is 30.2. The summed E-state index contributed by atoms with van der Waals surface area (Å²) in [6.45, 7) is 0. The Morgan fingerprint density at radius 3 is 1.89 bits per heavy atom. The molecule has 1 heterocycles. The molecule has 2 saturated carbocycles. The SMILES string of the molecule is COc1ccc(N2C(=O)CC(N(C3CCCCC3)C3CCCCC3)C2=O)cc1. The van der Waals surface area contributed by atoms with Gasteiger partial charge in [-0.2, -0.15) is 0 Å². The fourth-order valence-corrected chi connectivity index (χ4v) is 5.42. The zero-order valence-electron chi connectivity index (χ0n) is 16.9. The molecule has 4 rings (SSSR count). The standard InChI is InChI=1S/C23H32N2O3/c1-28-20-14-12-19(13-15-20)25-22(26)16-21(23(25)27)24(17-8-4-2-5-9-17)18-10-6-3-7-11-18/h12-15,17-18,21H,2-11,16H2,1H3. The highest BCUT2D eigenvalue weighted by Gasteiger charge is 2.46. The average molecular weight is 385 g/mol. The summed E-state index contributed by atoms with van der Waals surface area (Å²) in [5.41, 5.74) is 0.658. The van der Waals surface area contributed by atoms with E-state index in [2.05, 4.69) is 4.90 Å². The van der Waals surface area contributed by atoms with Crippen LogP contribution in [0.3, 0.4) is 0 Å². The van der Waals surface area contributed by atoms with E-state index in [0.29, 0.717) is 24.2 Å². The van der Waals surface area contributed by atoms with Crippen molar-refractivity contribution < 1.29 is 14.3 Å². The Morgan fingerprint density at radius 1 is 0.857 bits per heavy atom. The number of ether oxygens (including phenoxy) is 1. The number of amides is 2. The number of methoxy groups -OCH3 is 1. The number of nitrogens with zero attached hydrogens (tertiary/aromatic N) is 2. The molecule has 2 amide bonds.